The van der Waals surface area contributed by atoms with Gasteiger partial charge in [-0.05, 0) is 79.9 Å². The molecule has 2 unspecified atom stereocenters. The summed E-state index contributed by atoms with van der Waals surface area (Å²) >= 11 is 0. The maximum absolute atomic E-state index is 12.5. The number of hydrogen-bond donors (Lipinski definition) is 5. The molecule has 5 rings (SSSR count). The summed E-state index contributed by atoms with van der Waals surface area (Å²) in [6.45, 7) is 7.25. The minimum Gasteiger partial charge on any atom is -0.457 e. The summed E-state index contributed by atoms with van der Waals surface area (Å²) in [5.41, 5.74) is 7.88. The van der Waals surface area contributed by atoms with Crippen molar-refractivity contribution in [3.63, 3.8) is 0 Å². The number of benzene rings is 2. The van der Waals surface area contributed by atoms with E-state index in [1.165, 1.54) is 12.1 Å². The van der Waals surface area contributed by atoms with Crippen molar-refractivity contribution in [2.45, 2.75) is 20.2 Å². The van der Waals surface area contributed by atoms with Crippen LogP contribution in [0.4, 0.5) is 35.4 Å². The van der Waals surface area contributed by atoms with E-state index in [0.717, 1.165) is 48.5 Å². The first-order valence-corrected chi connectivity index (χ1v) is 14.3. The van der Waals surface area contributed by atoms with Gasteiger partial charge in [-0.25, -0.2) is 9.78 Å². The van der Waals surface area contributed by atoms with Gasteiger partial charge in [0.1, 0.15) is 28.7 Å². The number of aryl methyl sites for hydroxylation is 1. The lowest BCUT2D eigenvalue weighted by Crippen LogP contribution is -2.24. The largest absolute Gasteiger partial charge is 0.573 e. The third kappa shape index (κ3) is 8.50. The molecule has 2 aromatic carbocycles. The van der Waals surface area contributed by atoms with Crippen LogP contribution in [0.5, 0.6) is 5.75 Å². The third-order valence-corrected chi connectivity index (χ3v) is 7.34. The molecule has 1 fully saturated rings. The summed E-state index contributed by atoms with van der Waals surface area (Å²) in [5, 5.41) is 17.0. The number of amidine groups is 1. The van der Waals surface area contributed by atoms with Crippen LogP contribution >= 0.6 is 0 Å². The van der Waals surface area contributed by atoms with E-state index in [2.05, 4.69) is 48.6 Å². The minimum atomic E-state index is -4.80. The predicted octanol–water partition coefficient (Wildman–Crippen LogP) is 6.05. The van der Waals surface area contributed by atoms with Crippen molar-refractivity contribution >= 4 is 46.4 Å². The number of nitrogens with zero attached hydrogens (tertiary/aromatic N) is 3. The molecule has 45 heavy (non-hydrogen) atoms. The number of nitrogens with one attached hydrogen (secondary N) is 4. The van der Waals surface area contributed by atoms with Crippen LogP contribution in [0.1, 0.15) is 23.9 Å². The SMILES string of the molecule is CCN1CC(/C=C/c2cc3cc(C(=N)N)ccc3o2)C(CNc2cc(C)nc(NC(=O)Nc3ccc(OC(F)(F)F)cc3)n2)C1. The number of halogens is 3. The molecule has 1 aliphatic heterocycles. The highest BCUT2D eigenvalue weighted by atomic mass is 19.4. The molecule has 2 atom stereocenters. The number of urea groups is 1. The van der Waals surface area contributed by atoms with Gasteiger partial charge in [-0.1, -0.05) is 13.0 Å². The van der Waals surface area contributed by atoms with E-state index in [9.17, 15) is 18.0 Å². The van der Waals surface area contributed by atoms with Gasteiger partial charge in [0.15, 0.2) is 0 Å². The van der Waals surface area contributed by atoms with Crippen LogP contribution in [-0.2, 0) is 0 Å². The Kier molecular flexibility index (Phi) is 9.23. The summed E-state index contributed by atoms with van der Waals surface area (Å²) in [5.74, 6) is 1.47. The normalized spacial score (nSPS) is 17.1. The highest BCUT2D eigenvalue weighted by Crippen LogP contribution is 2.28. The fourth-order valence-corrected chi connectivity index (χ4v) is 5.17. The Morgan fingerprint density at radius 3 is 2.62 bits per heavy atom. The molecular weight excluding hydrogens is 589 g/mol. The Morgan fingerprint density at radius 1 is 1.13 bits per heavy atom. The lowest BCUT2D eigenvalue weighted by Gasteiger charge is -2.17. The summed E-state index contributed by atoms with van der Waals surface area (Å²) in [4.78, 5) is 23.6. The monoisotopic (exact) mass is 622 g/mol. The number of nitrogen functional groups attached to an aromatic ring is 1. The quantitative estimate of drug-likeness (QED) is 0.106. The molecule has 1 aliphatic rings. The first-order chi connectivity index (χ1) is 21.4. The highest BCUT2D eigenvalue weighted by Gasteiger charge is 2.31. The second kappa shape index (κ2) is 13.3. The summed E-state index contributed by atoms with van der Waals surface area (Å²) < 4.78 is 46.9. The Bertz CT molecular complexity index is 1700. The van der Waals surface area contributed by atoms with Gasteiger partial charge in [-0.2, -0.15) is 4.98 Å². The number of rotatable bonds is 10. The number of hydrogen-bond acceptors (Lipinski definition) is 8. The fraction of sp³-hybridized carbons (Fsp3) is 0.290. The number of likely N-dealkylation sites (tertiary alicyclic amines) is 1. The number of fused-ring (bicyclic) bond motifs is 1. The number of furan rings is 1. The molecule has 14 heteroatoms. The fourth-order valence-electron chi connectivity index (χ4n) is 5.17. The summed E-state index contributed by atoms with van der Waals surface area (Å²) in [6, 6.07) is 13.2. The van der Waals surface area contributed by atoms with E-state index in [4.69, 9.17) is 15.6 Å². The number of carbonyl (C=O) groups excluding carboxylic acids is 1. The maximum atomic E-state index is 12.5. The van der Waals surface area contributed by atoms with Gasteiger partial charge in [-0.15, -0.1) is 13.2 Å². The lowest BCUT2D eigenvalue weighted by molar-refractivity contribution is -0.274. The number of anilines is 3. The number of aromatic nitrogens is 2. The maximum Gasteiger partial charge on any atom is 0.573 e. The molecule has 0 spiro atoms. The van der Waals surface area contributed by atoms with Crippen molar-refractivity contribution in [1.82, 2.24) is 14.9 Å². The second-order valence-electron chi connectivity index (χ2n) is 10.7. The standard InChI is InChI=1S/C31H33F3N8O3/c1-3-42-16-20(4-8-25-14-21-13-19(28(35)36)5-11-26(21)44-25)22(17-42)15-37-27-12-18(2)38-29(40-27)41-30(43)39-23-6-9-24(10-7-23)45-31(32,33)34/h4-14,20,22H,3,15-17H2,1-2H3,(H3,35,36)(H3,37,38,39,40,41,43)/b8-4+. The third-order valence-electron chi connectivity index (χ3n) is 7.34. The molecule has 2 amide bonds. The zero-order valence-corrected chi connectivity index (χ0v) is 24.6. The van der Waals surface area contributed by atoms with Crippen LogP contribution in [0.15, 0.2) is 65.1 Å². The second-order valence-corrected chi connectivity index (χ2v) is 10.7. The Morgan fingerprint density at radius 2 is 1.91 bits per heavy atom. The Labute approximate surface area is 257 Å². The van der Waals surface area contributed by atoms with E-state index < -0.39 is 18.1 Å². The molecule has 11 nitrogen and oxygen atoms in total. The zero-order chi connectivity index (χ0) is 32.1. The smallest absolute Gasteiger partial charge is 0.457 e. The van der Waals surface area contributed by atoms with Crippen molar-refractivity contribution in [2.75, 3.05) is 42.1 Å². The summed E-state index contributed by atoms with van der Waals surface area (Å²) in [7, 11) is 0. The Balaban J connectivity index is 1.20. The number of carbonyl (C=O) groups is 1. The summed E-state index contributed by atoms with van der Waals surface area (Å²) in [6.07, 6.45) is -0.656. The zero-order valence-electron chi connectivity index (χ0n) is 24.6. The predicted molar refractivity (Wildman–Crippen MR) is 166 cm³/mol. The van der Waals surface area contributed by atoms with E-state index in [1.54, 1.807) is 19.1 Å². The first-order valence-electron chi connectivity index (χ1n) is 14.3. The number of ether oxygens (including phenoxy) is 1. The average molecular weight is 623 g/mol. The van der Waals surface area contributed by atoms with Gasteiger partial charge in [-0.3, -0.25) is 10.7 Å². The molecule has 6 N–H and O–H groups in total. The Hall–Kier alpha value is -5.11. The van der Waals surface area contributed by atoms with Gasteiger partial charge >= 0.3 is 12.4 Å². The van der Waals surface area contributed by atoms with E-state index >= 15 is 0 Å². The highest BCUT2D eigenvalue weighted by molar-refractivity contribution is 5.99. The van der Waals surface area contributed by atoms with E-state index in [0.29, 0.717) is 23.6 Å². The number of nitrogens with two attached hydrogens (primary N) is 1. The van der Waals surface area contributed by atoms with Crippen LogP contribution in [0.25, 0.3) is 17.0 Å². The van der Waals surface area contributed by atoms with E-state index in [-0.39, 0.29) is 29.3 Å². The molecule has 1 saturated heterocycles. The molecule has 3 heterocycles. The number of alkyl halides is 3. The molecule has 0 aliphatic carbocycles. The van der Waals surface area contributed by atoms with Crippen molar-refractivity contribution in [3.05, 3.63) is 77.7 Å². The van der Waals surface area contributed by atoms with Crippen LogP contribution in [0.2, 0.25) is 0 Å². The van der Waals surface area contributed by atoms with Crippen molar-refractivity contribution in [3.8, 4) is 5.75 Å². The van der Waals surface area contributed by atoms with Gasteiger partial charge in [0.2, 0.25) is 5.95 Å². The van der Waals surface area contributed by atoms with Crippen LogP contribution < -0.4 is 26.4 Å². The minimum absolute atomic E-state index is 0.00771. The molecule has 4 aromatic rings. The van der Waals surface area contributed by atoms with Crippen LogP contribution in [0, 0.1) is 24.2 Å². The van der Waals surface area contributed by atoms with Gasteiger partial charge < -0.3 is 30.4 Å². The van der Waals surface area contributed by atoms with Gasteiger partial charge in [0.05, 0.1) is 0 Å². The molecular formula is C31H33F3N8O3. The van der Waals surface area contributed by atoms with Crippen LogP contribution in [-0.4, -0.2) is 59.3 Å². The molecule has 0 radical (unpaired) electrons. The van der Waals surface area contributed by atoms with Gasteiger partial charge in [0.25, 0.3) is 0 Å². The first kappa shape index (κ1) is 31.3. The van der Waals surface area contributed by atoms with Crippen molar-refractivity contribution in [2.24, 2.45) is 17.6 Å². The molecule has 236 valence electrons. The molecule has 0 saturated carbocycles. The topological polar surface area (TPSA) is 154 Å². The van der Waals surface area contributed by atoms with E-state index in [1.807, 2.05) is 24.3 Å². The molecule has 0 bridgehead atoms. The van der Waals surface area contributed by atoms with Crippen molar-refractivity contribution in [1.29, 1.82) is 5.41 Å². The lowest BCUT2D eigenvalue weighted by atomic mass is 9.95. The number of amides is 2. The van der Waals surface area contributed by atoms with Gasteiger partial charge in [0, 0.05) is 48.0 Å². The molecule has 2 aromatic heterocycles. The average Bonchev–Trinajstić information content (AvgIpc) is 3.57. The van der Waals surface area contributed by atoms with Crippen LogP contribution in [0.3, 0.4) is 0 Å². The van der Waals surface area contributed by atoms with Crippen molar-refractivity contribution < 1.29 is 27.1 Å².